The fraction of sp³-hybridized carbons (Fsp3) is 0.333. The molecule has 19 heavy (non-hydrogen) atoms. The fourth-order valence-electron chi connectivity index (χ4n) is 2.41. The van der Waals surface area contributed by atoms with Gasteiger partial charge in [0.25, 0.3) is 0 Å². The van der Waals surface area contributed by atoms with Crippen LogP contribution >= 0.6 is 27.3 Å². The Morgan fingerprint density at radius 1 is 1.32 bits per heavy atom. The third-order valence-electron chi connectivity index (χ3n) is 3.21. The van der Waals surface area contributed by atoms with Gasteiger partial charge in [-0.3, -0.25) is 4.90 Å². The molecule has 2 N–H and O–H groups in total. The van der Waals surface area contributed by atoms with E-state index in [-0.39, 0.29) is 12.1 Å². The second-order valence-corrected chi connectivity index (χ2v) is 6.51. The quantitative estimate of drug-likeness (QED) is 0.891. The molecular weight excluding hydrogens is 320 g/mol. The van der Waals surface area contributed by atoms with Gasteiger partial charge in [-0.25, -0.2) is 0 Å². The van der Waals surface area contributed by atoms with Crippen LogP contribution in [0.5, 0.6) is 0 Å². The molecule has 1 heterocycles. The molecule has 1 aromatic heterocycles. The zero-order valence-electron chi connectivity index (χ0n) is 11.2. The summed E-state index contributed by atoms with van der Waals surface area (Å²) in [4.78, 5) is 2.31. The van der Waals surface area contributed by atoms with Crippen LogP contribution in [0.25, 0.3) is 0 Å². The molecule has 102 valence electrons. The van der Waals surface area contributed by atoms with Gasteiger partial charge < -0.3 is 5.73 Å². The van der Waals surface area contributed by atoms with E-state index < -0.39 is 0 Å². The summed E-state index contributed by atoms with van der Waals surface area (Å²) in [5, 5.41) is 4.30. The Labute approximate surface area is 127 Å². The highest BCUT2D eigenvalue weighted by molar-refractivity contribution is 9.10. The van der Waals surface area contributed by atoms with Crippen LogP contribution in [-0.2, 0) is 6.54 Å². The van der Waals surface area contributed by atoms with Crippen molar-refractivity contribution in [2.45, 2.75) is 25.6 Å². The first kappa shape index (κ1) is 14.7. The van der Waals surface area contributed by atoms with Gasteiger partial charge in [-0.15, -0.1) is 0 Å². The van der Waals surface area contributed by atoms with E-state index in [0.717, 1.165) is 11.0 Å². The zero-order chi connectivity index (χ0) is 13.8. The van der Waals surface area contributed by atoms with E-state index in [1.165, 1.54) is 11.1 Å². The molecule has 0 radical (unpaired) electrons. The van der Waals surface area contributed by atoms with E-state index in [0.29, 0.717) is 0 Å². The van der Waals surface area contributed by atoms with Crippen molar-refractivity contribution in [3.63, 3.8) is 0 Å². The Hall–Kier alpha value is -0.680. The summed E-state index contributed by atoms with van der Waals surface area (Å²) >= 11 is 5.36. The molecule has 0 aliphatic heterocycles. The fourth-order valence-corrected chi connectivity index (χ4v) is 3.59. The van der Waals surface area contributed by atoms with E-state index in [1.807, 2.05) is 6.07 Å². The van der Waals surface area contributed by atoms with E-state index in [2.05, 4.69) is 69.8 Å². The molecule has 0 amide bonds. The van der Waals surface area contributed by atoms with Crippen molar-refractivity contribution in [2.24, 2.45) is 5.73 Å². The maximum absolute atomic E-state index is 6.21. The van der Waals surface area contributed by atoms with Crippen molar-refractivity contribution in [1.82, 2.24) is 4.90 Å². The molecule has 1 aromatic carbocycles. The summed E-state index contributed by atoms with van der Waals surface area (Å²) in [6, 6.07) is 10.8. The van der Waals surface area contributed by atoms with Gasteiger partial charge in [0.1, 0.15) is 0 Å². The largest absolute Gasteiger partial charge is 0.326 e. The predicted molar refractivity (Wildman–Crippen MR) is 86.3 cm³/mol. The zero-order valence-corrected chi connectivity index (χ0v) is 13.6. The number of rotatable bonds is 5. The second kappa shape index (κ2) is 6.66. The van der Waals surface area contributed by atoms with Crippen LogP contribution in [0, 0.1) is 0 Å². The van der Waals surface area contributed by atoms with Crippen LogP contribution in [0.4, 0.5) is 0 Å². The average Bonchev–Trinajstić information content (AvgIpc) is 2.84. The molecule has 0 saturated heterocycles. The van der Waals surface area contributed by atoms with Crippen molar-refractivity contribution in [3.05, 3.63) is 56.7 Å². The number of nitrogens with two attached hydrogens (primary N) is 1. The molecular formula is C15H19BrN2S. The van der Waals surface area contributed by atoms with Gasteiger partial charge >= 0.3 is 0 Å². The van der Waals surface area contributed by atoms with Crippen LogP contribution in [0.3, 0.4) is 0 Å². The SMILES string of the molecule is CC(N)C(c1ccccc1Br)N(C)Cc1ccsc1. The van der Waals surface area contributed by atoms with E-state index >= 15 is 0 Å². The van der Waals surface area contributed by atoms with Crippen LogP contribution < -0.4 is 5.73 Å². The topological polar surface area (TPSA) is 29.3 Å². The van der Waals surface area contributed by atoms with Gasteiger partial charge in [0, 0.05) is 17.1 Å². The van der Waals surface area contributed by atoms with Gasteiger partial charge in [-0.05, 0) is 48.0 Å². The van der Waals surface area contributed by atoms with Gasteiger partial charge in [-0.1, -0.05) is 34.1 Å². The van der Waals surface area contributed by atoms with Crippen molar-refractivity contribution in [1.29, 1.82) is 0 Å². The van der Waals surface area contributed by atoms with Gasteiger partial charge in [0.05, 0.1) is 6.04 Å². The van der Waals surface area contributed by atoms with Crippen LogP contribution in [0.15, 0.2) is 45.6 Å². The lowest BCUT2D eigenvalue weighted by Gasteiger charge is -2.32. The first-order valence-corrected chi connectivity index (χ1v) is 8.04. The molecule has 0 saturated carbocycles. The monoisotopic (exact) mass is 338 g/mol. The Kier molecular flexibility index (Phi) is 5.16. The summed E-state index contributed by atoms with van der Waals surface area (Å²) in [5.41, 5.74) is 8.79. The smallest absolute Gasteiger partial charge is 0.0508 e. The normalized spacial score (nSPS) is 14.6. The lowest BCUT2D eigenvalue weighted by molar-refractivity contribution is 0.210. The third-order valence-corrected chi connectivity index (χ3v) is 4.66. The lowest BCUT2D eigenvalue weighted by atomic mass is 9.99. The van der Waals surface area contributed by atoms with Crippen molar-refractivity contribution in [3.8, 4) is 0 Å². The first-order chi connectivity index (χ1) is 9.09. The Balaban J connectivity index is 2.23. The van der Waals surface area contributed by atoms with Crippen LogP contribution in [0.2, 0.25) is 0 Å². The van der Waals surface area contributed by atoms with E-state index in [1.54, 1.807) is 11.3 Å². The standard InChI is InChI=1S/C15H19BrN2S/c1-11(17)15(13-5-3-4-6-14(13)16)18(2)9-12-7-8-19-10-12/h3-8,10-11,15H,9,17H2,1-2H3. The van der Waals surface area contributed by atoms with Crippen molar-refractivity contribution >= 4 is 27.3 Å². The van der Waals surface area contributed by atoms with Gasteiger partial charge in [0.15, 0.2) is 0 Å². The highest BCUT2D eigenvalue weighted by atomic mass is 79.9. The summed E-state index contributed by atoms with van der Waals surface area (Å²) in [6.45, 7) is 2.98. The molecule has 0 spiro atoms. The minimum absolute atomic E-state index is 0.0716. The number of halogens is 1. The molecule has 4 heteroatoms. The number of nitrogens with zero attached hydrogens (tertiary/aromatic N) is 1. The minimum Gasteiger partial charge on any atom is -0.326 e. The summed E-state index contributed by atoms with van der Waals surface area (Å²) < 4.78 is 1.12. The lowest BCUT2D eigenvalue weighted by Crippen LogP contribution is -2.37. The summed E-state index contributed by atoms with van der Waals surface area (Å²) in [7, 11) is 2.13. The second-order valence-electron chi connectivity index (χ2n) is 4.87. The summed E-state index contributed by atoms with van der Waals surface area (Å²) in [5.74, 6) is 0. The van der Waals surface area contributed by atoms with Crippen molar-refractivity contribution in [2.75, 3.05) is 7.05 Å². The predicted octanol–water partition coefficient (Wildman–Crippen LogP) is 4.03. The number of hydrogen-bond acceptors (Lipinski definition) is 3. The molecule has 0 aliphatic carbocycles. The molecule has 2 rings (SSSR count). The minimum atomic E-state index is 0.0716. The molecule has 0 bridgehead atoms. The maximum Gasteiger partial charge on any atom is 0.0508 e. The molecule has 0 aliphatic rings. The van der Waals surface area contributed by atoms with E-state index in [9.17, 15) is 0 Å². The van der Waals surface area contributed by atoms with E-state index in [4.69, 9.17) is 5.73 Å². The molecule has 0 fully saturated rings. The molecule has 2 nitrogen and oxygen atoms in total. The highest BCUT2D eigenvalue weighted by Crippen LogP contribution is 2.30. The highest BCUT2D eigenvalue weighted by Gasteiger charge is 2.23. The molecule has 2 unspecified atom stereocenters. The molecule has 2 atom stereocenters. The third kappa shape index (κ3) is 3.66. The Bertz CT molecular complexity index is 511. The maximum atomic E-state index is 6.21. The average molecular weight is 339 g/mol. The molecule has 2 aromatic rings. The van der Waals surface area contributed by atoms with Crippen molar-refractivity contribution < 1.29 is 0 Å². The number of benzene rings is 1. The van der Waals surface area contributed by atoms with Crippen LogP contribution in [-0.4, -0.2) is 18.0 Å². The van der Waals surface area contributed by atoms with Crippen LogP contribution in [0.1, 0.15) is 24.1 Å². The number of thiophene rings is 1. The Morgan fingerprint density at radius 3 is 2.63 bits per heavy atom. The van der Waals surface area contributed by atoms with Gasteiger partial charge in [-0.2, -0.15) is 11.3 Å². The van der Waals surface area contributed by atoms with Gasteiger partial charge in [0.2, 0.25) is 0 Å². The number of hydrogen-bond donors (Lipinski definition) is 1. The first-order valence-electron chi connectivity index (χ1n) is 6.31. The Morgan fingerprint density at radius 2 is 2.05 bits per heavy atom. The number of likely N-dealkylation sites (N-methyl/N-ethyl adjacent to an activating group) is 1. The summed E-state index contributed by atoms with van der Waals surface area (Å²) in [6.07, 6.45) is 0.